The minimum atomic E-state index is -5.28. The fourth-order valence-corrected chi connectivity index (χ4v) is 2.96. The minimum Gasteiger partial charge on any atom is -0.297 e. The predicted octanol–water partition coefficient (Wildman–Crippen LogP) is -4.36. The molecular formula is C10H10N12O28. The van der Waals surface area contributed by atoms with Crippen LogP contribution < -0.4 is 0 Å². The first-order chi connectivity index (χ1) is 22.7. The zero-order valence-electron chi connectivity index (χ0n) is 22.6. The molecule has 0 fully saturated rings. The normalized spacial score (nSPS) is 14.9. The zero-order valence-corrected chi connectivity index (χ0v) is 22.6. The van der Waals surface area contributed by atoms with Gasteiger partial charge in [0.2, 0.25) is 0 Å². The second kappa shape index (κ2) is 17.0. The topological polar surface area (TPSA) is 555 Å². The summed E-state index contributed by atoms with van der Waals surface area (Å²) in [6, 6.07) is 0. The van der Waals surface area contributed by atoms with Crippen molar-refractivity contribution in [1.29, 1.82) is 0 Å². The van der Waals surface area contributed by atoms with E-state index in [1.54, 1.807) is 0 Å². The summed E-state index contributed by atoms with van der Waals surface area (Å²) in [4.78, 5) is 109. The third-order valence-electron chi connectivity index (χ3n) is 4.91. The molecule has 4 unspecified atom stereocenters. The molecule has 0 aromatic carbocycles. The lowest BCUT2D eigenvalue weighted by Crippen LogP contribution is -2.63. The summed E-state index contributed by atoms with van der Waals surface area (Å²) >= 11 is 0. The van der Waals surface area contributed by atoms with E-state index in [2.05, 4.69) is 18.9 Å². The van der Waals surface area contributed by atoms with Crippen LogP contribution in [0.3, 0.4) is 0 Å². The molecule has 0 spiro atoms. The van der Waals surface area contributed by atoms with E-state index in [1.165, 1.54) is 0 Å². The summed E-state index contributed by atoms with van der Waals surface area (Å²) in [6.07, 6.45) is -33.2. The lowest BCUT2D eigenvalue weighted by Gasteiger charge is -2.32. The average molecular weight is 746 g/mol. The summed E-state index contributed by atoms with van der Waals surface area (Å²) in [5.74, 6) is -5.28. The van der Waals surface area contributed by atoms with Gasteiger partial charge in [0.15, 0.2) is 0 Å². The highest BCUT2D eigenvalue weighted by molar-refractivity contribution is 4.68. The maximum absolute atomic E-state index is 11.6. The summed E-state index contributed by atoms with van der Waals surface area (Å²) in [7, 11) is 0. The zero-order chi connectivity index (χ0) is 39.6. The molecule has 0 N–H and O–H groups in total. The molecule has 0 aromatic heterocycles. The highest BCUT2D eigenvalue weighted by Crippen LogP contribution is 2.30. The minimum absolute atomic E-state index is 2.17. The molecule has 0 amide bonds. The van der Waals surface area contributed by atoms with Gasteiger partial charge in [-0.1, -0.05) is 0 Å². The number of hydrogen-bond donors (Lipinski definition) is 0. The van der Waals surface area contributed by atoms with Crippen molar-refractivity contribution in [2.24, 2.45) is 0 Å². The maximum atomic E-state index is 11.6. The first kappa shape index (κ1) is 42.6. The van der Waals surface area contributed by atoms with E-state index >= 15 is 0 Å². The Morgan fingerprint density at radius 3 is 0.660 bits per heavy atom. The van der Waals surface area contributed by atoms with Crippen LogP contribution in [0, 0.1) is 121 Å². The van der Waals surface area contributed by atoms with Crippen LogP contribution >= 0.6 is 0 Å². The van der Waals surface area contributed by atoms with E-state index in [1.807, 2.05) is 0 Å². The van der Waals surface area contributed by atoms with Crippen molar-refractivity contribution in [2.45, 2.75) is 55.5 Å². The second-order valence-electron chi connectivity index (χ2n) is 7.99. The average Bonchev–Trinajstić information content (AvgIpc) is 2.91. The van der Waals surface area contributed by atoms with E-state index in [4.69, 9.17) is 0 Å². The van der Waals surface area contributed by atoms with Crippen molar-refractivity contribution in [3.63, 3.8) is 0 Å². The molecule has 278 valence electrons. The number of hydrogen-bond acceptors (Lipinski definition) is 28. The molecule has 0 aliphatic carbocycles. The fraction of sp³-hybridized carbons (Fsp3) is 1.00. The molecule has 0 radical (unpaired) electrons. The first-order valence-corrected chi connectivity index (χ1v) is 11.0. The Balaban J connectivity index is 8.36. The van der Waals surface area contributed by atoms with Crippen molar-refractivity contribution in [2.75, 3.05) is 6.61 Å². The predicted molar refractivity (Wildman–Crippen MR) is 126 cm³/mol. The molecule has 0 heterocycles. The van der Waals surface area contributed by atoms with Gasteiger partial charge in [0.25, 0.3) is 0 Å². The Morgan fingerprint density at radius 1 is 0.320 bits per heavy atom. The Hall–Kier alpha value is -7.36. The second-order valence-corrected chi connectivity index (χ2v) is 7.99. The van der Waals surface area contributed by atoms with E-state index in [9.17, 15) is 121 Å². The lowest BCUT2D eigenvalue weighted by molar-refractivity contribution is -0.832. The molecule has 40 heteroatoms. The Morgan fingerprint density at radius 2 is 0.500 bits per heavy atom. The summed E-state index contributed by atoms with van der Waals surface area (Å²) < 4.78 is 16.3. The first-order valence-electron chi connectivity index (χ1n) is 11.0. The molecular weight excluding hydrogens is 736 g/mol. The SMILES string of the molecule is O=[N+]([O-])C(OCC(OC(C([N+](=O)[O-])[N+](=O)[O-])[N+](=O)[O-])(OC(C([N+](=O)[O-])[N+](=O)[O-])[N+](=O)[O-])OC(C([N+](=O)[O-])[N+](=O)[O-])[N+](=O)[O-])C([N+](=O)[O-])[N+](=O)[O-]. The number of ether oxygens (including phenoxy) is 4. The highest BCUT2D eigenvalue weighted by atomic mass is 16.9. The van der Waals surface area contributed by atoms with Crippen molar-refractivity contribution >= 4 is 0 Å². The maximum Gasteiger partial charge on any atom is 0.541 e. The van der Waals surface area contributed by atoms with Gasteiger partial charge in [0.05, 0.1) is 19.7 Å². The fourth-order valence-electron chi connectivity index (χ4n) is 2.96. The summed E-state index contributed by atoms with van der Waals surface area (Å²) in [5.41, 5.74) is 0. The standard InChI is InChI=1S/C10H10N12O28/c23-11(24)2(12(25)26)6(19(39)40)47-1-10(48-7(20(41)42)3(13(27)28)14(29)30,49-8(21(43)44)4(15(31)32)16(33)34)50-9(22(45)46)5(17(35)36)18(37)38/h2-9H,1H2. The lowest BCUT2D eigenvalue weighted by atomic mass is 10.4. The van der Waals surface area contributed by atoms with E-state index in [-0.39, 0.29) is 0 Å². The van der Waals surface area contributed by atoms with Crippen molar-refractivity contribution in [3.05, 3.63) is 121 Å². The van der Waals surface area contributed by atoms with Crippen LogP contribution in [0.4, 0.5) is 0 Å². The molecule has 40 nitrogen and oxygen atoms in total. The number of rotatable bonds is 25. The Bertz CT molecular complexity index is 1280. The van der Waals surface area contributed by atoms with Crippen LogP contribution in [0.15, 0.2) is 0 Å². The molecule has 0 aromatic rings. The van der Waals surface area contributed by atoms with Gasteiger partial charge in [0.1, 0.15) is 46.0 Å². The van der Waals surface area contributed by atoms with Crippen LogP contribution in [-0.2, 0) is 18.9 Å². The Kier molecular flexibility index (Phi) is 14.5. The van der Waals surface area contributed by atoms with Crippen molar-refractivity contribution in [1.82, 2.24) is 0 Å². The summed E-state index contributed by atoms with van der Waals surface area (Å²) in [5, 5.41) is 136. The van der Waals surface area contributed by atoms with Gasteiger partial charge >= 0.3 is 55.5 Å². The van der Waals surface area contributed by atoms with Gasteiger partial charge in [-0.3, -0.25) is 126 Å². The monoisotopic (exact) mass is 746 g/mol. The third-order valence-corrected chi connectivity index (χ3v) is 4.91. The van der Waals surface area contributed by atoms with Crippen LogP contribution in [0.25, 0.3) is 0 Å². The van der Waals surface area contributed by atoms with E-state index in [0.29, 0.717) is 0 Å². The molecule has 0 aliphatic rings. The quantitative estimate of drug-likeness (QED) is 0.0483. The highest BCUT2D eigenvalue weighted by Gasteiger charge is 2.67. The number of nitro groups is 12. The van der Waals surface area contributed by atoms with Crippen LogP contribution in [0.2, 0.25) is 0 Å². The Labute approximate surface area is 262 Å². The van der Waals surface area contributed by atoms with E-state index < -0.39 is 121 Å². The van der Waals surface area contributed by atoms with Crippen LogP contribution in [0.1, 0.15) is 0 Å². The van der Waals surface area contributed by atoms with Gasteiger partial charge in [-0.2, -0.15) is 0 Å². The number of nitrogens with zero attached hydrogens (tertiary/aromatic N) is 12. The van der Waals surface area contributed by atoms with Crippen molar-refractivity contribution in [3.8, 4) is 0 Å². The van der Waals surface area contributed by atoms with Gasteiger partial charge in [-0.15, -0.1) is 0 Å². The van der Waals surface area contributed by atoms with Crippen LogP contribution in [0.5, 0.6) is 0 Å². The largest absolute Gasteiger partial charge is 0.541 e. The molecule has 50 heavy (non-hydrogen) atoms. The van der Waals surface area contributed by atoms with Gasteiger partial charge in [-0.05, 0) is 0 Å². The van der Waals surface area contributed by atoms with Gasteiger partial charge in [-0.25, -0.2) is 14.2 Å². The van der Waals surface area contributed by atoms with Gasteiger partial charge < -0.3 is 0 Å². The molecule has 0 aliphatic heterocycles. The molecule has 0 saturated heterocycles. The molecule has 4 atom stereocenters. The van der Waals surface area contributed by atoms with E-state index in [0.717, 1.165) is 0 Å². The van der Waals surface area contributed by atoms with Gasteiger partial charge in [0, 0.05) is 0 Å². The smallest absolute Gasteiger partial charge is 0.297 e. The van der Waals surface area contributed by atoms with Crippen molar-refractivity contribution < 1.29 is 78.0 Å². The molecule has 0 saturated carbocycles. The molecule has 0 rings (SSSR count). The van der Waals surface area contributed by atoms with Crippen LogP contribution in [-0.4, -0.2) is 121 Å². The molecule has 0 bridgehead atoms. The third kappa shape index (κ3) is 10.6. The summed E-state index contributed by atoms with van der Waals surface area (Å²) in [6.45, 7) is -3.05.